The molecule has 2 amide bonds. The molecule has 0 unspecified atom stereocenters. The summed E-state index contributed by atoms with van der Waals surface area (Å²) in [4.78, 5) is 29.4. The van der Waals surface area contributed by atoms with Crippen LogP contribution in [0.3, 0.4) is 0 Å². The minimum Gasteiger partial charge on any atom is -0.459 e. The van der Waals surface area contributed by atoms with E-state index in [0.29, 0.717) is 25.3 Å². The summed E-state index contributed by atoms with van der Waals surface area (Å²) < 4.78 is 5.34. The first kappa shape index (κ1) is 21.8. The zero-order valence-electron chi connectivity index (χ0n) is 18.2. The number of anilines is 1. The van der Waals surface area contributed by atoms with Gasteiger partial charge in [0.1, 0.15) is 0 Å². The Balaban J connectivity index is 1.39. The van der Waals surface area contributed by atoms with Gasteiger partial charge in [-0.05, 0) is 61.3 Å². The summed E-state index contributed by atoms with van der Waals surface area (Å²) in [6, 6.07) is 20.8. The fraction of sp³-hybridized carbons (Fsp3) is 0.308. The van der Waals surface area contributed by atoms with Gasteiger partial charge in [-0.25, -0.2) is 0 Å². The molecule has 2 heterocycles. The van der Waals surface area contributed by atoms with Crippen LogP contribution in [0, 0.1) is 0 Å². The summed E-state index contributed by atoms with van der Waals surface area (Å²) in [5, 5.41) is 3.01. The van der Waals surface area contributed by atoms with Gasteiger partial charge in [-0.3, -0.25) is 9.59 Å². The Labute approximate surface area is 188 Å². The SMILES string of the molecule is O=C(Cc1ccc(N(Cc2ccccc2)C(=O)c2ccco2)cc1)NCCN1CCCC1. The highest BCUT2D eigenvalue weighted by molar-refractivity contribution is 6.04. The molecule has 0 aliphatic carbocycles. The van der Waals surface area contributed by atoms with Crippen molar-refractivity contribution in [3.05, 3.63) is 89.9 Å². The van der Waals surface area contributed by atoms with Gasteiger partial charge in [-0.2, -0.15) is 0 Å². The van der Waals surface area contributed by atoms with Crippen molar-refractivity contribution in [3.8, 4) is 0 Å². The van der Waals surface area contributed by atoms with Crippen LogP contribution < -0.4 is 10.2 Å². The summed E-state index contributed by atoms with van der Waals surface area (Å²) in [6.07, 6.45) is 4.33. The Morgan fingerprint density at radius 1 is 0.906 bits per heavy atom. The van der Waals surface area contributed by atoms with Crippen LogP contribution in [0.25, 0.3) is 0 Å². The molecule has 1 aromatic heterocycles. The Hall–Kier alpha value is -3.38. The van der Waals surface area contributed by atoms with Crippen molar-refractivity contribution in [3.63, 3.8) is 0 Å². The fourth-order valence-electron chi connectivity index (χ4n) is 3.98. The number of likely N-dealkylation sites (tertiary alicyclic amines) is 1. The summed E-state index contributed by atoms with van der Waals surface area (Å²) in [5.41, 5.74) is 2.69. The lowest BCUT2D eigenvalue weighted by Crippen LogP contribution is -2.34. The van der Waals surface area contributed by atoms with E-state index in [1.54, 1.807) is 17.0 Å². The lowest BCUT2D eigenvalue weighted by atomic mass is 10.1. The van der Waals surface area contributed by atoms with E-state index in [0.717, 1.165) is 36.4 Å². The normalized spacial score (nSPS) is 13.8. The number of benzene rings is 2. The summed E-state index contributed by atoms with van der Waals surface area (Å²) >= 11 is 0. The maximum absolute atomic E-state index is 13.1. The lowest BCUT2D eigenvalue weighted by molar-refractivity contribution is -0.120. The number of nitrogens with zero attached hydrogens (tertiary/aromatic N) is 2. The minimum absolute atomic E-state index is 0.0183. The number of carbonyl (C=O) groups excluding carboxylic acids is 2. The smallest absolute Gasteiger partial charge is 0.294 e. The van der Waals surface area contributed by atoms with E-state index < -0.39 is 0 Å². The predicted octanol–water partition coefficient (Wildman–Crippen LogP) is 3.88. The van der Waals surface area contributed by atoms with Crippen molar-refractivity contribution in [2.24, 2.45) is 0 Å². The zero-order valence-corrected chi connectivity index (χ0v) is 18.2. The molecule has 6 nitrogen and oxygen atoms in total. The molecule has 0 radical (unpaired) electrons. The highest BCUT2D eigenvalue weighted by atomic mass is 16.3. The monoisotopic (exact) mass is 431 g/mol. The molecule has 0 saturated carbocycles. The molecule has 4 rings (SSSR count). The van der Waals surface area contributed by atoms with Crippen molar-refractivity contribution >= 4 is 17.5 Å². The molecule has 3 aromatic rings. The van der Waals surface area contributed by atoms with Crippen LogP contribution >= 0.6 is 0 Å². The second-order valence-corrected chi connectivity index (χ2v) is 8.10. The zero-order chi connectivity index (χ0) is 22.2. The van der Waals surface area contributed by atoms with Crippen LogP contribution in [0.2, 0.25) is 0 Å². The van der Waals surface area contributed by atoms with Crippen molar-refractivity contribution in [1.82, 2.24) is 10.2 Å². The van der Waals surface area contributed by atoms with Crippen LogP contribution in [0.4, 0.5) is 5.69 Å². The van der Waals surface area contributed by atoms with E-state index in [9.17, 15) is 9.59 Å². The number of hydrogen-bond donors (Lipinski definition) is 1. The summed E-state index contributed by atoms with van der Waals surface area (Å²) in [6.45, 7) is 4.28. The number of carbonyl (C=O) groups is 2. The molecule has 166 valence electrons. The molecule has 1 fully saturated rings. The van der Waals surface area contributed by atoms with Crippen molar-refractivity contribution in [1.29, 1.82) is 0 Å². The Kier molecular flexibility index (Phi) is 7.35. The van der Waals surface area contributed by atoms with Gasteiger partial charge in [0.2, 0.25) is 5.91 Å². The maximum atomic E-state index is 13.1. The van der Waals surface area contributed by atoms with E-state index in [2.05, 4.69) is 10.2 Å². The standard InChI is InChI=1S/C26H29N3O3/c30-25(27-14-17-28-15-4-5-16-28)19-21-10-12-23(13-11-21)29(20-22-7-2-1-3-8-22)26(31)24-9-6-18-32-24/h1-3,6-13,18H,4-5,14-17,19-20H2,(H,27,30). The predicted molar refractivity (Wildman–Crippen MR) is 124 cm³/mol. The third-order valence-electron chi connectivity index (χ3n) is 5.72. The van der Waals surface area contributed by atoms with E-state index in [4.69, 9.17) is 4.42 Å². The number of rotatable bonds is 9. The van der Waals surface area contributed by atoms with Crippen LogP contribution in [-0.2, 0) is 17.8 Å². The summed E-state index contributed by atoms with van der Waals surface area (Å²) in [5.74, 6) is 0.110. The lowest BCUT2D eigenvalue weighted by Gasteiger charge is -2.22. The molecule has 0 atom stereocenters. The molecular weight excluding hydrogens is 402 g/mol. The molecule has 1 aliphatic heterocycles. The molecule has 1 saturated heterocycles. The minimum atomic E-state index is -0.203. The van der Waals surface area contributed by atoms with Crippen molar-refractivity contribution < 1.29 is 14.0 Å². The van der Waals surface area contributed by atoms with Gasteiger partial charge in [0.15, 0.2) is 5.76 Å². The quantitative estimate of drug-likeness (QED) is 0.558. The summed E-state index contributed by atoms with van der Waals surface area (Å²) in [7, 11) is 0. The highest BCUT2D eigenvalue weighted by Gasteiger charge is 2.20. The average molecular weight is 432 g/mol. The average Bonchev–Trinajstić information content (AvgIpc) is 3.53. The molecule has 2 aromatic carbocycles. The maximum Gasteiger partial charge on any atom is 0.294 e. The second kappa shape index (κ2) is 10.8. The van der Waals surface area contributed by atoms with Gasteiger partial charge in [0.25, 0.3) is 5.91 Å². The number of nitrogens with one attached hydrogen (secondary N) is 1. The molecular formula is C26H29N3O3. The molecule has 0 spiro atoms. The van der Waals surface area contributed by atoms with Gasteiger partial charge in [-0.15, -0.1) is 0 Å². The number of amides is 2. The first-order valence-electron chi connectivity index (χ1n) is 11.2. The third kappa shape index (κ3) is 5.86. The van der Waals surface area contributed by atoms with E-state index in [1.165, 1.54) is 19.1 Å². The van der Waals surface area contributed by atoms with Gasteiger partial charge in [0.05, 0.1) is 19.2 Å². The Bertz CT molecular complexity index is 995. The number of hydrogen-bond acceptors (Lipinski definition) is 4. The fourth-order valence-corrected chi connectivity index (χ4v) is 3.98. The first-order chi connectivity index (χ1) is 15.7. The Morgan fingerprint density at radius 2 is 1.66 bits per heavy atom. The molecule has 1 aliphatic rings. The van der Waals surface area contributed by atoms with Gasteiger partial charge in [-0.1, -0.05) is 42.5 Å². The largest absolute Gasteiger partial charge is 0.459 e. The van der Waals surface area contributed by atoms with Crippen LogP contribution in [0.1, 0.15) is 34.5 Å². The van der Waals surface area contributed by atoms with Crippen LogP contribution in [0.5, 0.6) is 0 Å². The van der Waals surface area contributed by atoms with Gasteiger partial charge >= 0.3 is 0 Å². The number of furan rings is 1. The van der Waals surface area contributed by atoms with Crippen molar-refractivity contribution in [2.75, 3.05) is 31.1 Å². The molecule has 6 heteroatoms. The Morgan fingerprint density at radius 3 is 2.34 bits per heavy atom. The third-order valence-corrected chi connectivity index (χ3v) is 5.72. The molecule has 32 heavy (non-hydrogen) atoms. The van der Waals surface area contributed by atoms with E-state index in [1.807, 2.05) is 54.6 Å². The van der Waals surface area contributed by atoms with Crippen LogP contribution in [0.15, 0.2) is 77.4 Å². The van der Waals surface area contributed by atoms with Gasteiger partial charge in [0, 0.05) is 18.8 Å². The van der Waals surface area contributed by atoms with E-state index >= 15 is 0 Å². The molecule has 1 N–H and O–H groups in total. The topological polar surface area (TPSA) is 65.8 Å². The van der Waals surface area contributed by atoms with Crippen molar-refractivity contribution in [2.45, 2.75) is 25.8 Å². The van der Waals surface area contributed by atoms with E-state index in [-0.39, 0.29) is 11.8 Å². The van der Waals surface area contributed by atoms with Crippen LogP contribution in [-0.4, -0.2) is 42.9 Å². The highest BCUT2D eigenvalue weighted by Crippen LogP contribution is 2.21. The van der Waals surface area contributed by atoms with Gasteiger partial charge < -0.3 is 19.5 Å². The molecule has 0 bridgehead atoms. The first-order valence-corrected chi connectivity index (χ1v) is 11.2. The second-order valence-electron chi connectivity index (χ2n) is 8.10.